The van der Waals surface area contributed by atoms with Crippen molar-refractivity contribution in [3.05, 3.63) is 47.7 Å². The highest BCUT2D eigenvalue weighted by atomic mass is 19.2. The highest BCUT2D eigenvalue weighted by molar-refractivity contribution is 5.76. The van der Waals surface area contributed by atoms with E-state index < -0.39 is 11.6 Å². The molecule has 1 N–H and O–H groups in total. The molecule has 2 aromatic heterocycles. The normalized spacial score (nSPS) is 11.1. The Balaban J connectivity index is 2.22. The fraction of sp³-hybridized carbons (Fsp3) is 0.0769. The summed E-state index contributed by atoms with van der Waals surface area (Å²) < 4.78 is 26.8. The third kappa shape index (κ3) is 1.64. The van der Waals surface area contributed by atoms with Crippen LogP contribution < -0.4 is 0 Å². The maximum Gasteiger partial charge on any atom is 0.178 e. The van der Waals surface area contributed by atoms with E-state index in [1.54, 1.807) is 0 Å². The Bertz CT molecular complexity index is 734. The first-order chi connectivity index (χ1) is 8.65. The molecule has 1 aromatic carbocycles. The van der Waals surface area contributed by atoms with Crippen LogP contribution in [0.3, 0.4) is 0 Å². The number of nitrogens with zero attached hydrogens (tertiary/aromatic N) is 2. The van der Waals surface area contributed by atoms with Crippen molar-refractivity contribution in [2.45, 2.75) is 6.92 Å². The first-order valence-corrected chi connectivity index (χ1v) is 5.43. The van der Waals surface area contributed by atoms with Crippen molar-refractivity contribution in [2.75, 3.05) is 0 Å². The van der Waals surface area contributed by atoms with Gasteiger partial charge in [0.05, 0.1) is 11.1 Å². The van der Waals surface area contributed by atoms with Gasteiger partial charge in [0.25, 0.3) is 0 Å². The van der Waals surface area contributed by atoms with Gasteiger partial charge in [-0.05, 0) is 31.2 Å². The van der Waals surface area contributed by atoms with Gasteiger partial charge in [-0.25, -0.2) is 18.7 Å². The quantitative estimate of drug-likeness (QED) is 0.715. The van der Waals surface area contributed by atoms with Gasteiger partial charge in [0.2, 0.25) is 0 Å². The molecule has 0 aliphatic rings. The number of benzene rings is 1. The summed E-state index contributed by atoms with van der Waals surface area (Å²) in [5.41, 5.74) is 2.11. The molecule has 0 fully saturated rings. The molecule has 3 nitrogen and oxygen atoms in total. The number of halogens is 2. The number of rotatable bonds is 1. The molecule has 0 saturated carbocycles. The van der Waals surface area contributed by atoms with Crippen LogP contribution in [0, 0.1) is 18.6 Å². The zero-order valence-electron chi connectivity index (χ0n) is 9.54. The van der Waals surface area contributed by atoms with E-state index in [0.29, 0.717) is 11.2 Å². The standard InChI is InChI=1S/C13H9F2N3/c1-7-5-6-10-13(16-7)18-12(17-10)8-3-2-4-9(14)11(8)15/h2-6H,1H3,(H,16,17,18). The maximum absolute atomic E-state index is 13.6. The van der Waals surface area contributed by atoms with Gasteiger partial charge >= 0.3 is 0 Å². The predicted octanol–water partition coefficient (Wildman–Crippen LogP) is 3.21. The Hall–Kier alpha value is -2.30. The number of imidazole rings is 1. The third-order valence-corrected chi connectivity index (χ3v) is 2.69. The zero-order chi connectivity index (χ0) is 12.7. The SMILES string of the molecule is Cc1ccc2[nH]c(-c3cccc(F)c3F)nc2n1. The Kier molecular flexibility index (Phi) is 2.33. The van der Waals surface area contributed by atoms with Gasteiger partial charge in [-0.1, -0.05) is 6.07 Å². The third-order valence-electron chi connectivity index (χ3n) is 2.69. The van der Waals surface area contributed by atoms with Gasteiger partial charge in [-0.15, -0.1) is 0 Å². The number of aromatic amines is 1. The Labute approximate surface area is 102 Å². The van der Waals surface area contributed by atoms with Crippen molar-refractivity contribution in [1.82, 2.24) is 15.0 Å². The number of aryl methyl sites for hydroxylation is 1. The molecule has 3 aromatic rings. The average molecular weight is 245 g/mol. The van der Waals surface area contributed by atoms with E-state index in [9.17, 15) is 8.78 Å². The van der Waals surface area contributed by atoms with Crippen LogP contribution in [0.1, 0.15) is 5.69 Å². The molecule has 90 valence electrons. The number of H-pyrrole nitrogens is 1. The molecule has 0 aliphatic heterocycles. The van der Waals surface area contributed by atoms with Crippen LogP contribution in [-0.2, 0) is 0 Å². The number of fused-ring (bicyclic) bond motifs is 1. The van der Waals surface area contributed by atoms with Crippen LogP contribution in [0.25, 0.3) is 22.6 Å². The van der Waals surface area contributed by atoms with Crippen molar-refractivity contribution in [2.24, 2.45) is 0 Å². The van der Waals surface area contributed by atoms with Crippen molar-refractivity contribution in [3.8, 4) is 11.4 Å². The predicted molar refractivity (Wildman–Crippen MR) is 64.0 cm³/mol. The molecule has 18 heavy (non-hydrogen) atoms. The molecule has 0 unspecified atom stereocenters. The lowest BCUT2D eigenvalue weighted by Gasteiger charge is -1.99. The molecular formula is C13H9F2N3. The highest BCUT2D eigenvalue weighted by Gasteiger charge is 2.13. The van der Waals surface area contributed by atoms with Crippen LogP contribution in [0.5, 0.6) is 0 Å². The fourth-order valence-electron chi connectivity index (χ4n) is 1.80. The molecular weight excluding hydrogens is 236 g/mol. The Morgan fingerprint density at radius 1 is 1.06 bits per heavy atom. The molecule has 5 heteroatoms. The van der Waals surface area contributed by atoms with Crippen molar-refractivity contribution in [3.63, 3.8) is 0 Å². The van der Waals surface area contributed by atoms with E-state index in [0.717, 1.165) is 11.8 Å². The van der Waals surface area contributed by atoms with E-state index >= 15 is 0 Å². The summed E-state index contributed by atoms with van der Waals surface area (Å²) in [5, 5.41) is 0. The molecule has 0 amide bonds. The molecule has 0 spiro atoms. The van der Waals surface area contributed by atoms with Gasteiger partial charge in [0.15, 0.2) is 17.3 Å². The first kappa shape index (κ1) is 10.8. The summed E-state index contributed by atoms with van der Waals surface area (Å²) in [7, 11) is 0. The number of hydrogen-bond acceptors (Lipinski definition) is 2. The van der Waals surface area contributed by atoms with Crippen LogP contribution >= 0.6 is 0 Å². The summed E-state index contributed by atoms with van der Waals surface area (Å²) in [6.45, 7) is 1.84. The Morgan fingerprint density at radius 2 is 1.89 bits per heavy atom. The number of nitrogens with one attached hydrogen (secondary N) is 1. The molecule has 0 radical (unpaired) electrons. The minimum absolute atomic E-state index is 0.102. The summed E-state index contributed by atoms with van der Waals surface area (Å²) >= 11 is 0. The molecule has 3 rings (SSSR count). The number of hydrogen-bond donors (Lipinski definition) is 1. The molecule has 0 aliphatic carbocycles. The van der Waals surface area contributed by atoms with Gasteiger partial charge in [0.1, 0.15) is 5.82 Å². The molecule has 2 heterocycles. The maximum atomic E-state index is 13.6. The fourth-order valence-corrected chi connectivity index (χ4v) is 1.80. The highest BCUT2D eigenvalue weighted by Crippen LogP contribution is 2.23. The lowest BCUT2D eigenvalue weighted by Crippen LogP contribution is -1.90. The lowest BCUT2D eigenvalue weighted by molar-refractivity contribution is 0.510. The molecule has 0 bridgehead atoms. The lowest BCUT2D eigenvalue weighted by atomic mass is 10.2. The second kappa shape index (κ2) is 3.87. The second-order valence-corrected chi connectivity index (χ2v) is 4.01. The molecule has 0 saturated heterocycles. The number of aromatic nitrogens is 3. The van der Waals surface area contributed by atoms with Crippen molar-refractivity contribution < 1.29 is 8.78 Å². The van der Waals surface area contributed by atoms with Crippen molar-refractivity contribution in [1.29, 1.82) is 0 Å². The smallest absolute Gasteiger partial charge is 0.178 e. The van der Waals surface area contributed by atoms with Gasteiger partial charge < -0.3 is 4.98 Å². The summed E-state index contributed by atoms with van der Waals surface area (Å²) in [5.74, 6) is -1.52. The summed E-state index contributed by atoms with van der Waals surface area (Å²) in [6, 6.07) is 7.63. The van der Waals surface area contributed by atoms with Crippen molar-refractivity contribution >= 4 is 11.2 Å². The molecule has 0 atom stereocenters. The van der Waals surface area contributed by atoms with Gasteiger partial charge in [-0.3, -0.25) is 0 Å². The topological polar surface area (TPSA) is 41.6 Å². The monoisotopic (exact) mass is 245 g/mol. The first-order valence-electron chi connectivity index (χ1n) is 5.43. The summed E-state index contributed by atoms with van der Waals surface area (Å²) in [6.07, 6.45) is 0. The van der Waals surface area contributed by atoms with Crippen LogP contribution in [0.2, 0.25) is 0 Å². The second-order valence-electron chi connectivity index (χ2n) is 4.01. The summed E-state index contributed by atoms with van der Waals surface area (Å²) in [4.78, 5) is 11.3. The van der Waals surface area contributed by atoms with Gasteiger partial charge in [-0.2, -0.15) is 0 Å². The Morgan fingerprint density at radius 3 is 2.72 bits per heavy atom. The largest absolute Gasteiger partial charge is 0.336 e. The zero-order valence-corrected chi connectivity index (χ0v) is 9.54. The minimum Gasteiger partial charge on any atom is -0.336 e. The average Bonchev–Trinajstić information content (AvgIpc) is 2.75. The van der Waals surface area contributed by atoms with E-state index in [1.807, 2.05) is 19.1 Å². The number of pyridine rings is 1. The van der Waals surface area contributed by atoms with Crippen LogP contribution in [-0.4, -0.2) is 15.0 Å². The van der Waals surface area contributed by atoms with Crippen LogP contribution in [0.15, 0.2) is 30.3 Å². The van der Waals surface area contributed by atoms with Gasteiger partial charge in [0, 0.05) is 5.69 Å². The van der Waals surface area contributed by atoms with E-state index in [2.05, 4.69) is 15.0 Å². The minimum atomic E-state index is -0.909. The van der Waals surface area contributed by atoms with E-state index in [-0.39, 0.29) is 11.4 Å². The van der Waals surface area contributed by atoms with E-state index in [4.69, 9.17) is 0 Å². The van der Waals surface area contributed by atoms with Crippen LogP contribution in [0.4, 0.5) is 8.78 Å². The van der Waals surface area contributed by atoms with E-state index in [1.165, 1.54) is 12.1 Å².